The van der Waals surface area contributed by atoms with Gasteiger partial charge in [-0.3, -0.25) is 4.79 Å². The maximum Gasteiger partial charge on any atom is 0.328 e. The molecule has 0 bridgehead atoms. The van der Waals surface area contributed by atoms with Gasteiger partial charge in [0, 0.05) is 31.5 Å². The lowest BCUT2D eigenvalue weighted by Gasteiger charge is -2.36. The minimum atomic E-state index is -1.02. The number of aliphatic carboxylic acids is 1. The number of hydrogen-bond acceptors (Lipinski definition) is 4. The molecular formula is C32H33N3O3. The molecule has 0 saturated heterocycles. The van der Waals surface area contributed by atoms with Crippen molar-refractivity contribution < 1.29 is 14.7 Å². The first-order chi connectivity index (χ1) is 18.3. The molecular weight excluding hydrogens is 474 g/mol. The number of nitrogens with zero attached hydrogens (tertiary/aromatic N) is 2. The molecule has 6 nitrogen and oxygen atoms in total. The second-order valence-electron chi connectivity index (χ2n) is 10.2. The predicted octanol–water partition coefficient (Wildman–Crippen LogP) is 6.52. The second kappa shape index (κ2) is 11.8. The van der Waals surface area contributed by atoms with Crippen molar-refractivity contribution >= 4 is 29.3 Å². The van der Waals surface area contributed by atoms with E-state index in [2.05, 4.69) is 35.7 Å². The van der Waals surface area contributed by atoms with Crippen LogP contribution in [0, 0.1) is 16.7 Å². The lowest BCUT2D eigenvalue weighted by Crippen LogP contribution is -2.40. The quantitative estimate of drug-likeness (QED) is 0.339. The van der Waals surface area contributed by atoms with Crippen molar-refractivity contribution in [2.24, 2.45) is 5.41 Å². The summed E-state index contributed by atoms with van der Waals surface area (Å²) in [5.74, 6) is -1.07. The molecule has 1 aliphatic carbocycles. The fourth-order valence-corrected chi connectivity index (χ4v) is 5.19. The van der Waals surface area contributed by atoms with Crippen LogP contribution in [0.15, 0.2) is 72.8 Å². The highest BCUT2D eigenvalue weighted by molar-refractivity contribution is 5.96. The Kier molecular flexibility index (Phi) is 8.28. The molecule has 0 atom stereocenters. The largest absolute Gasteiger partial charge is 0.478 e. The van der Waals surface area contributed by atoms with Gasteiger partial charge in [0.2, 0.25) is 5.91 Å². The van der Waals surface area contributed by atoms with Gasteiger partial charge in [-0.05, 0) is 77.9 Å². The Hall–Kier alpha value is -4.37. The smallest absolute Gasteiger partial charge is 0.328 e. The number of amides is 1. The normalized spacial score (nSPS) is 14.6. The van der Waals surface area contributed by atoms with E-state index in [4.69, 9.17) is 5.11 Å². The molecule has 1 saturated carbocycles. The lowest BCUT2D eigenvalue weighted by molar-refractivity contribution is -0.131. The average molecular weight is 508 g/mol. The third-order valence-electron chi connectivity index (χ3n) is 7.33. The molecule has 38 heavy (non-hydrogen) atoms. The summed E-state index contributed by atoms with van der Waals surface area (Å²) >= 11 is 0. The predicted molar refractivity (Wildman–Crippen MR) is 152 cm³/mol. The van der Waals surface area contributed by atoms with Gasteiger partial charge in [-0.2, -0.15) is 5.26 Å². The number of carbonyl (C=O) groups excluding carboxylic acids is 1. The molecule has 6 heteroatoms. The van der Waals surface area contributed by atoms with Gasteiger partial charge in [0.05, 0.1) is 17.0 Å². The van der Waals surface area contributed by atoms with Crippen LogP contribution in [0.2, 0.25) is 0 Å². The molecule has 1 aliphatic rings. The summed E-state index contributed by atoms with van der Waals surface area (Å²) in [4.78, 5) is 26.7. The molecule has 2 N–H and O–H groups in total. The lowest BCUT2D eigenvalue weighted by atomic mass is 9.69. The van der Waals surface area contributed by atoms with Crippen LogP contribution < -0.4 is 10.2 Å². The minimum absolute atomic E-state index is 0.0520. The number of carbonyl (C=O) groups is 2. The first-order valence-electron chi connectivity index (χ1n) is 12.9. The molecule has 0 heterocycles. The standard InChI is InChI=1S/C32H33N3O3/c1-35(2)29-14-12-24(13-15-29)25-10-11-26(27(20-25)22-33)21-32(17-4-3-5-18-32)31(38)34-28-8-6-7-23(19-28)9-16-30(36)37/h6-16,19-20H,3-5,17-18,21H2,1-2H3,(H,34,38)(H,36,37)/b16-9+. The molecule has 4 rings (SSSR count). The monoisotopic (exact) mass is 507 g/mol. The summed E-state index contributed by atoms with van der Waals surface area (Å²) < 4.78 is 0. The Morgan fingerprint density at radius 3 is 2.37 bits per heavy atom. The Labute approximate surface area is 224 Å². The molecule has 0 spiro atoms. The van der Waals surface area contributed by atoms with E-state index in [-0.39, 0.29) is 5.91 Å². The van der Waals surface area contributed by atoms with E-state index < -0.39 is 11.4 Å². The van der Waals surface area contributed by atoms with E-state index >= 15 is 0 Å². The second-order valence-corrected chi connectivity index (χ2v) is 10.2. The summed E-state index contributed by atoms with van der Waals surface area (Å²) in [5.41, 5.74) is 5.33. The van der Waals surface area contributed by atoms with E-state index in [0.29, 0.717) is 23.2 Å². The van der Waals surface area contributed by atoms with Crippen molar-refractivity contribution in [3.05, 3.63) is 89.5 Å². The van der Waals surface area contributed by atoms with Gasteiger partial charge in [0.15, 0.2) is 0 Å². The fraction of sp³-hybridized carbons (Fsp3) is 0.281. The maximum absolute atomic E-state index is 13.7. The number of carboxylic acids is 1. The van der Waals surface area contributed by atoms with Crippen molar-refractivity contribution in [3.8, 4) is 17.2 Å². The number of carboxylic acid groups (broad SMARTS) is 1. The van der Waals surface area contributed by atoms with E-state index in [1.165, 1.54) is 6.08 Å². The zero-order valence-electron chi connectivity index (χ0n) is 21.9. The summed E-state index contributed by atoms with van der Waals surface area (Å²) in [6.07, 6.45) is 7.63. The Bertz CT molecular complexity index is 1380. The van der Waals surface area contributed by atoms with Crippen LogP contribution in [0.1, 0.15) is 48.8 Å². The molecule has 0 aromatic heterocycles. The van der Waals surface area contributed by atoms with Crippen LogP contribution in [0.4, 0.5) is 11.4 Å². The zero-order chi connectivity index (χ0) is 27.1. The Morgan fingerprint density at radius 2 is 1.71 bits per heavy atom. The van der Waals surface area contributed by atoms with E-state index in [0.717, 1.165) is 60.6 Å². The Morgan fingerprint density at radius 1 is 1.00 bits per heavy atom. The van der Waals surface area contributed by atoms with E-state index in [9.17, 15) is 14.9 Å². The highest BCUT2D eigenvalue weighted by Crippen LogP contribution is 2.41. The minimum Gasteiger partial charge on any atom is -0.478 e. The summed E-state index contributed by atoms with van der Waals surface area (Å²) in [6.45, 7) is 0. The van der Waals surface area contributed by atoms with Crippen LogP contribution in [0.25, 0.3) is 17.2 Å². The van der Waals surface area contributed by atoms with Gasteiger partial charge in [-0.15, -0.1) is 0 Å². The summed E-state index contributed by atoms with van der Waals surface area (Å²) in [5, 5.41) is 22.0. The Balaban J connectivity index is 1.58. The van der Waals surface area contributed by atoms with E-state index in [1.807, 2.05) is 43.3 Å². The van der Waals surface area contributed by atoms with Crippen molar-refractivity contribution in [2.75, 3.05) is 24.3 Å². The van der Waals surface area contributed by atoms with Gasteiger partial charge in [-0.1, -0.05) is 55.7 Å². The number of hydrogen-bond donors (Lipinski definition) is 2. The van der Waals surface area contributed by atoms with E-state index in [1.54, 1.807) is 18.2 Å². The SMILES string of the molecule is CN(C)c1ccc(-c2ccc(CC3(C(=O)Nc4cccc(/C=C/C(=O)O)c4)CCCCC3)c(C#N)c2)cc1. The highest BCUT2D eigenvalue weighted by Gasteiger charge is 2.40. The van der Waals surface area contributed by atoms with Crippen LogP contribution in [-0.4, -0.2) is 31.1 Å². The van der Waals surface area contributed by atoms with Crippen LogP contribution in [0.5, 0.6) is 0 Å². The number of benzene rings is 3. The van der Waals surface area contributed by atoms with Crippen molar-refractivity contribution in [1.82, 2.24) is 0 Å². The topological polar surface area (TPSA) is 93.4 Å². The van der Waals surface area contributed by atoms with Crippen LogP contribution in [0.3, 0.4) is 0 Å². The molecule has 1 fully saturated rings. The summed E-state index contributed by atoms with van der Waals surface area (Å²) in [7, 11) is 4.00. The van der Waals surface area contributed by atoms with Crippen LogP contribution in [-0.2, 0) is 16.0 Å². The number of nitriles is 1. The molecule has 194 valence electrons. The van der Waals surface area contributed by atoms with Crippen molar-refractivity contribution in [2.45, 2.75) is 38.5 Å². The van der Waals surface area contributed by atoms with Gasteiger partial charge >= 0.3 is 5.97 Å². The molecule has 0 radical (unpaired) electrons. The maximum atomic E-state index is 13.7. The van der Waals surface area contributed by atoms with Gasteiger partial charge < -0.3 is 15.3 Å². The molecule has 0 aliphatic heterocycles. The van der Waals surface area contributed by atoms with Crippen molar-refractivity contribution in [3.63, 3.8) is 0 Å². The first-order valence-corrected chi connectivity index (χ1v) is 12.9. The van der Waals surface area contributed by atoms with Gasteiger partial charge in [0.25, 0.3) is 0 Å². The molecule has 3 aromatic rings. The van der Waals surface area contributed by atoms with Crippen LogP contribution >= 0.6 is 0 Å². The third kappa shape index (κ3) is 6.30. The van der Waals surface area contributed by atoms with Gasteiger partial charge in [0.1, 0.15) is 0 Å². The summed E-state index contributed by atoms with van der Waals surface area (Å²) in [6, 6.07) is 23.7. The first kappa shape index (κ1) is 26.7. The number of nitrogens with one attached hydrogen (secondary N) is 1. The molecule has 0 unspecified atom stereocenters. The fourth-order valence-electron chi connectivity index (χ4n) is 5.19. The number of rotatable bonds is 8. The van der Waals surface area contributed by atoms with Crippen molar-refractivity contribution in [1.29, 1.82) is 5.26 Å². The molecule has 3 aromatic carbocycles. The zero-order valence-corrected chi connectivity index (χ0v) is 21.9. The average Bonchev–Trinajstić information content (AvgIpc) is 2.93. The highest BCUT2D eigenvalue weighted by atomic mass is 16.4. The van der Waals surface area contributed by atoms with Gasteiger partial charge in [-0.25, -0.2) is 4.79 Å². The molecule has 1 amide bonds. The number of anilines is 2. The third-order valence-corrected chi connectivity index (χ3v) is 7.33.